The highest BCUT2D eigenvalue weighted by Crippen LogP contribution is 2.29. The lowest BCUT2D eigenvalue weighted by atomic mass is 9.90. The molecule has 2 heterocycles. The molecule has 2 N–H and O–H groups in total. The van der Waals surface area contributed by atoms with E-state index in [1.54, 1.807) is 11.4 Å². The monoisotopic (exact) mass is 286 g/mol. The van der Waals surface area contributed by atoms with Crippen LogP contribution in [0.2, 0.25) is 0 Å². The lowest BCUT2D eigenvalue weighted by Crippen LogP contribution is -2.49. The SMILES string of the molecule is CCC1CCN(S(=O)(=O)c2ccnn2C)C(CN)C1. The molecular formula is C12H22N4O2S. The van der Waals surface area contributed by atoms with Crippen molar-refractivity contribution in [3.63, 3.8) is 0 Å². The standard InChI is InChI=1S/C12H22N4O2S/c1-3-10-5-7-16(11(8-10)9-13)19(17,18)12-4-6-14-15(12)2/h4,6,10-11H,3,5,7-9,13H2,1-2H3. The molecule has 1 aromatic rings. The highest BCUT2D eigenvalue weighted by molar-refractivity contribution is 7.89. The van der Waals surface area contributed by atoms with Gasteiger partial charge >= 0.3 is 0 Å². The maximum Gasteiger partial charge on any atom is 0.260 e. The van der Waals surface area contributed by atoms with Crippen LogP contribution < -0.4 is 5.73 Å². The van der Waals surface area contributed by atoms with Crippen LogP contribution in [0.1, 0.15) is 26.2 Å². The number of hydrogen-bond acceptors (Lipinski definition) is 4. The fourth-order valence-electron chi connectivity index (χ4n) is 2.75. The molecule has 2 rings (SSSR count). The largest absolute Gasteiger partial charge is 0.329 e. The summed E-state index contributed by atoms with van der Waals surface area (Å²) in [5.74, 6) is 0.575. The zero-order valence-electron chi connectivity index (χ0n) is 11.5. The van der Waals surface area contributed by atoms with Crippen LogP contribution >= 0.6 is 0 Å². The Balaban J connectivity index is 2.28. The van der Waals surface area contributed by atoms with Crippen molar-refractivity contribution in [2.45, 2.75) is 37.3 Å². The van der Waals surface area contributed by atoms with Crippen LogP contribution in [0.25, 0.3) is 0 Å². The third kappa shape index (κ3) is 2.68. The molecular weight excluding hydrogens is 264 g/mol. The molecule has 0 radical (unpaired) electrons. The average molecular weight is 286 g/mol. The zero-order chi connectivity index (χ0) is 14.0. The van der Waals surface area contributed by atoms with E-state index in [1.165, 1.54) is 16.9 Å². The van der Waals surface area contributed by atoms with Gasteiger partial charge in [0.05, 0.1) is 6.20 Å². The summed E-state index contributed by atoms with van der Waals surface area (Å²) in [5.41, 5.74) is 5.77. The van der Waals surface area contributed by atoms with Crippen LogP contribution in [0.3, 0.4) is 0 Å². The summed E-state index contributed by atoms with van der Waals surface area (Å²) in [6.07, 6.45) is 4.34. The fourth-order valence-corrected chi connectivity index (χ4v) is 4.51. The molecule has 0 saturated carbocycles. The third-order valence-electron chi connectivity index (χ3n) is 3.97. The van der Waals surface area contributed by atoms with Crippen LogP contribution in [0.15, 0.2) is 17.3 Å². The quantitative estimate of drug-likeness (QED) is 0.877. The number of piperidine rings is 1. The van der Waals surface area contributed by atoms with E-state index in [9.17, 15) is 8.42 Å². The van der Waals surface area contributed by atoms with Crippen LogP contribution in [0.4, 0.5) is 0 Å². The van der Waals surface area contributed by atoms with Gasteiger partial charge in [-0.25, -0.2) is 8.42 Å². The van der Waals surface area contributed by atoms with Gasteiger partial charge in [-0.3, -0.25) is 4.68 Å². The second-order valence-corrected chi connectivity index (χ2v) is 6.93. The number of aromatic nitrogens is 2. The molecule has 0 spiro atoms. The highest BCUT2D eigenvalue weighted by Gasteiger charge is 2.36. The number of sulfonamides is 1. The lowest BCUT2D eigenvalue weighted by Gasteiger charge is -2.37. The molecule has 6 nitrogen and oxygen atoms in total. The van der Waals surface area contributed by atoms with Gasteiger partial charge in [-0.15, -0.1) is 0 Å². The molecule has 108 valence electrons. The van der Waals surface area contributed by atoms with E-state index in [0.717, 1.165) is 19.3 Å². The van der Waals surface area contributed by atoms with E-state index in [4.69, 9.17) is 5.73 Å². The fraction of sp³-hybridized carbons (Fsp3) is 0.750. The highest BCUT2D eigenvalue weighted by atomic mass is 32.2. The average Bonchev–Trinajstić information content (AvgIpc) is 2.84. The van der Waals surface area contributed by atoms with Gasteiger partial charge in [0.2, 0.25) is 0 Å². The van der Waals surface area contributed by atoms with Crippen molar-refractivity contribution in [2.24, 2.45) is 18.7 Å². The summed E-state index contributed by atoms with van der Waals surface area (Å²) in [4.78, 5) is 0. The molecule has 0 amide bonds. The minimum Gasteiger partial charge on any atom is -0.329 e. The van der Waals surface area contributed by atoms with E-state index >= 15 is 0 Å². The second kappa shape index (κ2) is 5.60. The van der Waals surface area contributed by atoms with Crippen molar-refractivity contribution in [3.8, 4) is 0 Å². The number of nitrogens with two attached hydrogens (primary N) is 1. The Morgan fingerprint density at radius 3 is 2.79 bits per heavy atom. The Hall–Kier alpha value is -0.920. The van der Waals surface area contributed by atoms with Gasteiger partial charge in [0.25, 0.3) is 10.0 Å². The van der Waals surface area contributed by atoms with Crippen molar-refractivity contribution in [2.75, 3.05) is 13.1 Å². The van der Waals surface area contributed by atoms with E-state index in [1.807, 2.05) is 0 Å². The van der Waals surface area contributed by atoms with Gasteiger partial charge < -0.3 is 5.73 Å². The van der Waals surface area contributed by atoms with E-state index in [0.29, 0.717) is 19.0 Å². The second-order valence-electron chi connectivity index (χ2n) is 5.10. The maximum atomic E-state index is 12.6. The van der Waals surface area contributed by atoms with Gasteiger partial charge in [-0.2, -0.15) is 9.40 Å². The molecule has 1 aliphatic heterocycles. The van der Waals surface area contributed by atoms with E-state index < -0.39 is 10.0 Å². The van der Waals surface area contributed by atoms with Gasteiger partial charge in [0.15, 0.2) is 5.03 Å². The molecule has 1 fully saturated rings. The van der Waals surface area contributed by atoms with Crippen molar-refractivity contribution >= 4 is 10.0 Å². The van der Waals surface area contributed by atoms with Crippen molar-refractivity contribution < 1.29 is 8.42 Å². The molecule has 1 aromatic heterocycles. The van der Waals surface area contributed by atoms with Crippen LogP contribution in [-0.4, -0.2) is 41.6 Å². The summed E-state index contributed by atoms with van der Waals surface area (Å²) in [6.45, 7) is 3.06. The summed E-state index contributed by atoms with van der Waals surface area (Å²) in [5, 5.41) is 4.18. The summed E-state index contributed by atoms with van der Waals surface area (Å²) in [6, 6.07) is 1.44. The van der Waals surface area contributed by atoms with Gasteiger partial charge in [0, 0.05) is 26.2 Å². The summed E-state index contributed by atoms with van der Waals surface area (Å²) in [7, 11) is -1.85. The maximum absolute atomic E-state index is 12.6. The van der Waals surface area contributed by atoms with Gasteiger partial charge in [-0.1, -0.05) is 13.3 Å². The first-order chi connectivity index (χ1) is 9.00. The van der Waals surface area contributed by atoms with E-state index in [2.05, 4.69) is 12.0 Å². The number of hydrogen-bond donors (Lipinski definition) is 1. The number of rotatable bonds is 4. The molecule has 0 aromatic carbocycles. The lowest BCUT2D eigenvalue weighted by molar-refractivity contribution is 0.197. The molecule has 2 unspecified atom stereocenters. The van der Waals surface area contributed by atoms with Crippen molar-refractivity contribution in [1.82, 2.24) is 14.1 Å². The van der Waals surface area contributed by atoms with Crippen LogP contribution in [0, 0.1) is 5.92 Å². The first-order valence-electron chi connectivity index (χ1n) is 6.70. The van der Waals surface area contributed by atoms with Crippen molar-refractivity contribution in [3.05, 3.63) is 12.3 Å². The molecule has 7 heteroatoms. The Labute approximate surface area is 114 Å². The van der Waals surface area contributed by atoms with Gasteiger partial charge in [0.1, 0.15) is 0 Å². The number of nitrogens with zero attached hydrogens (tertiary/aromatic N) is 3. The Bertz CT molecular complexity index is 526. The summed E-state index contributed by atoms with van der Waals surface area (Å²) >= 11 is 0. The number of aryl methyl sites for hydroxylation is 1. The Morgan fingerprint density at radius 2 is 2.26 bits per heavy atom. The van der Waals surface area contributed by atoms with Crippen LogP contribution in [0.5, 0.6) is 0 Å². The first kappa shape index (κ1) is 14.5. The Kier molecular flexibility index (Phi) is 4.27. The molecule has 0 bridgehead atoms. The smallest absolute Gasteiger partial charge is 0.260 e. The van der Waals surface area contributed by atoms with Crippen LogP contribution in [-0.2, 0) is 17.1 Å². The predicted octanol–water partition coefficient (Wildman–Crippen LogP) is 0.558. The topological polar surface area (TPSA) is 81.2 Å². The normalized spacial score (nSPS) is 25.6. The van der Waals surface area contributed by atoms with E-state index in [-0.39, 0.29) is 11.1 Å². The molecule has 2 atom stereocenters. The third-order valence-corrected chi connectivity index (χ3v) is 6.00. The first-order valence-corrected chi connectivity index (χ1v) is 8.14. The minimum absolute atomic E-state index is 0.0985. The molecule has 1 aliphatic rings. The molecule has 0 aliphatic carbocycles. The zero-order valence-corrected chi connectivity index (χ0v) is 12.3. The minimum atomic E-state index is -3.49. The Morgan fingerprint density at radius 1 is 1.53 bits per heavy atom. The summed E-state index contributed by atoms with van der Waals surface area (Å²) < 4.78 is 28.2. The van der Waals surface area contributed by atoms with Gasteiger partial charge in [-0.05, 0) is 24.8 Å². The molecule has 1 saturated heterocycles. The molecule has 19 heavy (non-hydrogen) atoms. The van der Waals surface area contributed by atoms with Crippen molar-refractivity contribution in [1.29, 1.82) is 0 Å². The predicted molar refractivity (Wildman–Crippen MR) is 73.0 cm³/mol.